The first-order valence-corrected chi connectivity index (χ1v) is 10.7. The molecule has 0 spiro atoms. The molecule has 3 atom stereocenters. The van der Waals surface area contributed by atoms with Gasteiger partial charge >= 0.3 is 0 Å². The van der Waals surface area contributed by atoms with Crippen molar-refractivity contribution >= 4 is 22.8 Å². The van der Waals surface area contributed by atoms with E-state index in [-0.39, 0.29) is 17.9 Å². The Morgan fingerprint density at radius 3 is 2.81 bits per heavy atom. The van der Waals surface area contributed by atoms with Crippen LogP contribution in [-0.2, 0) is 29.6 Å². The molecule has 7 heteroatoms. The molecule has 3 aromatic rings. The van der Waals surface area contributed by atoms with Gasteiger partial charge in [-0.1, -0.05) is 36.4 Å². The van der Waals surface area contributed by atoms with E-state index in [1.54, 1.807) is 13.3 Å². The van der Waals surface area contributed by atoms with Gasteiger partial charge in [0.2, 0.25) is 11.8 Å². The average molecular weight is 420 g/mol. The molecular formula is C24H29N5O2. The van der Waals surface area contributed by atoms with Crippen molar-refractivity contribution in [2.24, 2.45) is 13.0 Å². The molecule has 0 saturated carbocycles. The number of hydrogen-bond acceptors (Lipinski definition) is 4. The first-order valence-electron chi connectivity index (χ1n) is 10.7. The molecule has 2 heterocycles. The Morgan fingerprint density at radius 2 is 2.00 bits per heavy atom. The number of rotatable bonds is 7. The summed E-state index contributed by atoms with van der Waals surface area (Å²) in [4.78, 5) is 29.4. The molecule has 0 aliphatic carbocycles. The van der Waals surface area contributed by atoms with Gasteiger partial charge in [0.15, 0.2) is 0 Å². The van der Waals surface area contributed by atoms with Crippen molar-refractivity contribution in [1.82, 2.24) is 25.5 Å². The van der Waals surface area contributed by atoms with E-state index in [9.17, 15) is 9.59 Å². The van der Waals surface area contributed by atoms with Gasteiger partial charge in [-0.15, -0.1) is 0 Å². The van der Waals surface area contributed by atoms with Crippen LogP contribution in [0.5, 0.6) is 0 Å². The predicted molar refractivity (Wildman–Crippen MR) is 120 cm³/mol. The van der Waals surface area contributed by atoms with Gasteiger partial charge in [-0.3, -0.25) is 9.59 Å². The molecule has 3 N–H and O–H groups in total. The Bertz CT molecular complexity index is 1060. The van der Waals surface area contributed by atoms with Gasteiger partial charge in [-0.2, -0.15) is 0 Å². The van der Waals surface area contributed by atoms with Crippen LogP contribution < -0.4 is 16.0 Å². The zero-order valence-electron chi connectivity index (χ0n) is 18.0. The molecule has 31 heavy (non-hydrogen) atoms. The molecule has 1 fully saturated rings. The Hall–Kier alpha value is -3.19. The van der Waals surface area contributed by atoms with Gasteiger partial charge in [-0.05, 0) is 55.5 Å². The van der Waals surface area contributed by atoms with Crippen LogP contribution >= 0.6 is 0 Å². The van der Waals surface area contributed by atoms with E-state index in [0.29, 0.717) is 12.5 Å². The molecule has 0 bridgehead atoms. The van der Waals surface area contributed by atoms with E-state index >= 15 is 0 Å². The van der Waals surface area contributed by atoms with Crippen LogP contribution in [0.25, 0.3) is 11.0 Å². The summed E-state index contributed by atoms with van der Waals surface area (Å²) in [5, 5.41) is 9.04. The average Bonchev–Trinajstić information content (AvgIpc) is 3.39. The van der Waals surface area contributed by atoms with Crippen LogP contribution in [-0.4, -0.2) is 40.0 Å². The zero-order valence-corrected chi connectivity index (χ0v) is 18.0. The number of nitrogens with zero attached hydrogens (tertiary/aromatic N) is 2. The fourth-order valence-electron chi connectivity index (χ4n) is 4.13. The minimum atomic E-state index is -0.596. The lowest BCUT2D eigenvalue weighted by Crippen LogP contribution is -2.49. The molecule has 1 unspecified atom stereocenters. The maximum Gasteiger partial charge on any atom is 0.242 e. The van der Waals surface area contributed by atoms with Gasteiger partial charge in [0.1, 0.15) is 6.04 Å². The van der Waals surface area contributed by atoms with Crippen molar-refractivity contribution < 1.29 is 9.59 Å². The molecule has 7 nitrogen and oxygen atoms in total. The maximum absolute atomic E-state index is 12.6. The fraction of sp³-hybridized carbons (Fsp3) is 0.375. The molecule has 162 valence electrons. The smallest absolute Gasteiger partial charge is 0.242 e. The lowest BCUT2D eigenvalue weighted by molar-refractivity contribution is -0.129. The van der Waals surface area contributed by atoms with Gasteiger partial charge < -0.3 is 20.5 Å². The van der Waals surface area contributed by atoms with Crippen LogP contribution in [0.3, 0.4) is 0 Å². The molecular weight excluding hydrogens is 390 g/mol. The van der Waals surface area contributed by atoms with Crippen molar-refractivity contribution in [2.45, 2.75) is 38.4 Å². The van der Waals surface area contributed by atoms with E-state index in [4.69, 9.17) is 0 Å². The van der Waals surface area contributed by atoms with Gasteiger partial charge in [-0.25, -0.2) is 4.98 Å². The number of hydrogen-bond donors (Lipinski definition) is 3. The number of aryl methyl sites for hydroxylation is 1. The third kappa shape index (κ3) is 5.11. The van der Waals surface area contributed by atoms with Crippen LogP contribution in [0.4, 0.5) is 0 Å². The fourth-order valence-corrected chi connectivity index (χ4v) is 4.13. The lowest BCUT2D eigenvalue weighted by Gasteiger charge is -2.17. The second-order valence-corrected chi connectivity index (χ2v) is 8.38. The SMILES string of the molecule is CC(NC(=O)[C@H]1C[C@H](Cc2ccccc2)CN1)C(=O)NCc1ccc2c(c1)ncn2C. The highest BCUT2D eigenvalue weighted by atomic mass is 16.2. The first kappa shape index (κ1) is 21.1. The summed E-state index contributed by atoms with van der Waals surface area (Å²) in [6.07, 6.45) is 3.50. The second-order valence-electron chi connectivity index (χ2n) is 8.38. The first-order chi connectivity index (χ1) is 15.0. The van der Waals surface area contributed by atoms with Crippen LogP contribution in [0.15, 0.2) is 54.9 Å². The molecule has 1 aliphatic heterocycles. The number of amides is 2. The number of carbonyl (C=O) groups is 2. The third-order valence-electron chi connectivity index (χ3n) is 5.91. The molecule has 0 radical (unpaired) electrons. The predicted octanol–water partition coefficient (Wildman–Crippen LogP) is 1.91. The summed E-state index contributed by atoms with van der Waals surface area (Å²) >= 11 is 0. The van der Waals surface area contributed by atoms with Crippen molar-refractivity contribution in [2.75, 3.05) is 6.54 Å². The highest BCUT2D eigenvalue weighted by molar-refractivity contribution is 5.89. The minimum absolute atomic E-state index is 0.117. The van der Waals surface area contributed by atoms with Crippen molar-refractivity contribution in [3.8, 4) is 0 Å². The summed E-state index contributed by atoms with van der Waals surface area (Å²) in [5.74, 6) is 0.102. The van der Waals surface area contributed by atoms with Gasteiger partial charge in [0.05, 0.1) is 23.4 Å². The normalized spacial score (nSPS) is 19.3. The highest BCUT2D eigenvalue weighted by Gasteiger charge is 2.30. The summed E-state index contributed by atoms with van der Waals surface area (Å²) < 4.78 is 1.96. The van der Waals surface area contributed by atoms with E-state index < -0.39 is 6.04 Å². The van der Waals surface area contributed by atoms with Crippen molar-refractivity contribution in [3.63, 3.8) is 0 Å². The molecule has 4 rings (SSSR count). The number of fused-ring (bicyclic) bond motifs is 1. The van der Waals surface area contributed by atoms with Gasteiger partial charge in [0, 0.05) is 13.6 Å². The summed E-state index contributed by atoms with van der Waals surface area (Å²) in [6.45, 7) is 2.92. The molecule has 1 saturated heterocycles. The lowest BCUT2D eigenvalue weighted by atomic mass is 9.96. The van der Waals surface area contributed by atoms with Crippen LogP contribution in [0.2, 0.25) is 0 Å². The van der Waals surface area contributed by atoms with E-state index in [0.717, 1.165) is 36.0 Å². The largest absolute Gasteiger partial charge is 0.350 e. The Balaban J connectivity index is 1.24. The summed E-state index contributed by atoms with van der Waals surface area (Å²) in [5.41, 5.74) is 4.20. The number of benzene rings is 2. The number of aromatic nitrogens is 2. The Labute approximate surface area is 182 Å². The maximum atomic E-state index is 12.6. The van der Waals surface area contributed by atoms with Crippen molar-refractivity contribution in [1.29, 1.82) is 0 Å². The number of imidazole rings is 1. The zero-order chi connectivity index (χ0) is 21.8. The van der Waals surface area contributed by atoms with Crippen LogP contribution in [0.1, 0.15) is 24.5 Å². The van der Waals surface area contributed by atoms with E-state index in [1.807, 2.05) is 48.0 Å². The highest BCUT2D eigenvalue weighted by Crippen LogP contribution is 2.19. The summed E-state index contributed by atoms with van der Waals surface area (Å²) in [7, 11) is 1.95. The molecule has 2 aromatic carbocycles. The van der Waals surface area contributed by atoms with E-state index in [2.05, 4.69) is 33.1 Å². The van der Waals surface area contributed by atoms with Crippen molar-refractivity contribution in [3.05, 3.63) is 66.0 Å². The van der Waals surface area contributed by atoms with E-state index in [1.165, 1.54) is 5.56 Å². The van der Waals surface area contributed by atoms with Crippen LogP contribution in [0, 0.1) is 5.92 Å². The second kappa shape index (κ2) is 9.31. The Morgan fingerprint density at radius 1 is 1.19 bits per heavy atom. The molecule has 1 aliphatic rings. The Kier molecular flexibility index (Phi) is 6.32. The number of carbonyl (C=O) groups excluding carboxylic acids is 2. The quantitative estimate of drug-likeness (QED) is 0.546. The molecule has 1 aromatic heterocycles. The standard InChI is InChI=1S/C24H29N5O2/c1-16(23(30)26-13-18-8-9-22-20(11-18)27-15-29(22)2)28-24(31)21-12-19(14-25-21)10-17-6-4-3-5-7-17/h3-9,11,15-16,19,21,25H,10,12-14H2,1-2H3,(H,26,30)(H,28,31)/t16?,19-,21+/m0/s1. The number of nitrogens with one attached hydrogen (secondary N) is 3. The summed E-state index contributed by atoms with van der Waals surface area (Å²) in [6, 6.07) is 15.4. The van der Waals surface area contributed by atoms with Gasteiger partial charge in [0.25, 0.3) is 0 Å². The topological polar surface area (TPSA) is 88.1 Å². The minimum Gasteiger partial charge on any atom is -0.350 e. The third-order valence-corrected chi connectivity index (χ3v) is 5.91. The molecule has 2 amide bonds. The monoisotopic (exact) mass is 419 g/mol.